The summed E-state index contributed by atoms with van der Waals surface area (Å²) in [5.74, 6) is -0.760. The molecular weight excluding hydrogens is 641 g/mol. The molecule has 46 heavy (non-hydrogen) atoms. The minimum Gasteiger partial charge on any atom is -0.491 e. The molecule has 0 radical (unpaired) electrons. The van der Waals surface area contributed by atoms with Crippen LogP contribution in [0.4, 0.5) is 24.1 Å². The van der Waals surface area contributed by atoms with Gasteiger partial charge in [-0.15, -0.1) is 0 Å². The number of rotatable bonds is 4. The molecule has 2 unspecified atom stereocenters. The first-order valence-corrected chi connectivity index (χ1v) is 17.0. The van der Waals surface area contributed by atoms with Crippen LogP contribution in [0.1, 0.15) is 51.9 Å². The Hall–Kier alpha value is -3.13. The third kappa shape index (κ3) is 4.68. The molecule has 244 valence electrons. The summed E-state index contributed by atoms with van der Waals surface area (Å²) in [5.41, 5.74) is 4.69. The second-order valence-electron chi connectivity index (χ2n) is 13.2. The van der Waals surface area contributed by atoms with Gasteiger partial charge in [0.15, 0.2) is 16.7 Å². The van der Waals surface area contributed by atoms with E-state index in [0.29, 0.717) is 38.2 Å². The summed E-state index contributed by atoms with van der Waals surface area (Å²) in [6.45, 7) is 3.88. The standard InChI is InChI=1S/C32H34ClF3N6O3S/c1-31(43)8-2-3-11-42-19(31)7-12-44-26-21-25(23(36)20(22(26)33)17-5-6-18(35)27-24(17)38-29(37)46-27)39-30(40-28(21)42)45-15-32-9-4-10-41(32)14-16(34)13-32/h5-6,16,19,43H,2-4,7-15H2,1H3,(H2,37,38)/t16-,19?,31?,32+/m1/s1. The largest absolute Gasteiger partial charge is 0.491 e. The Kier molecular flexibility index (Phi) is 7.20. The van der Waals surface area contributed by atoms with Crippen LogP contribution in [0.3, 0.4) is 0 Å². The van der Waals surface area contributed by atoms with Gasteiger partial charge >= 0.3 is 6.01 Å². The fourth-order valence-corrected chi connectivity index (χ4v) is 9.23. The van der Waals surface area contributed by atoms with E-state index in [2.05, 4.69) is 14.9 Å². The average Bonchev–Trinajstić information content (AvgIpc) is 3.64. The molecule has 0 spiro atoms. The molecule has 4 atom stereocenters. The Morgan fingerprint density at radius 3 is 2.85 bits per heavy atom. The number of nitrogens with two attached hydrogens (primary N) is 1. The van der Waals surface area contributed by atoms with Crippen LogP contribution < -0.4 is 20.1 Å². The van der Waals surface area contributed by atoms with E-state index in [0.717, 1.165) is 43.6 Å². The van der Waals surface area contributed by atoms with Crippen LogP contribution in [0.2, 0.25) is 5.02 Å². The molecule has 2 aromatic carbocycles. The van der Waals surface area contributed by atoms with E-state index in [1.54, 1.807) is 0 Å². The van der Waals surface area contributed by atoms with Gasteiger partial charge in [0.25, 0.3) is 0 Å². The van der Waals surface area contributed by atoms with Gasteiger partial charge < -0.3 is 25.2 Å². The second kappa shape index (κ2) is 11.0. The molecule has 9 nitrogen and oxygen atoms in total. The number of nitrogens with zero attached hydrogens (tertiary/aromatic N) is 5. The predicted octanol–water partition coefficient (Wildman–Crippen LogP) is 6.27. The maximum Gasteiger partial charge on any atom is 0.319 e. The Morgan fingerprint density at radius 2 is 2.00 bits per heavy atom. The van der Waals surface area contributed by atoms with Crippen LogP contribution in [-0.4, -0.2) is 81.2 Å². The third-order valence-electron chi connectivity index (χ3n) is 10.3. The molecule has 8 rings (SSSR count). The van der Waals surface area contributed by atoms with Crippen molar-refractivity contribution in [2.24, 2.45) is 0 Å². The van der Waals surface area contributed by atoms with E-state index in [1.165, 1.54) is 12.1 Å². The molecule has 14 heteroatoms. The second-order valence-corrected chi connectivity index (χ2v) is 14.6. The molecule has 0 aliphatic carbocycles. The molecule has 4 aromatic rings. The van der Waals surface area contributed by atoms with Crippen LogP contribution in [0.25, 0.3) is 32.2 Å². The smallest absolute Gasteiger partial charge is 0.319 e. The average molecular weight is 675 g/mol. The number of anilines is 2. The molecule has 3 fully saturated rings. The van der Waals surface area contributed by atoms with Crippen molar-refractivity contribution in [2.75, 3.05) is 43.5 Å². The van der Waals surface area contributed by atoms with Crippen molar-refractivity contribution < 1.29 is 27.8 Å². The summed E-state index contributed by atoms with van der Waals surface area (Å²) < 4.78 is 59.1. The highest BCUT2D eigenvalue weighted by Crippen LogP contribution is 2.50. The molecule has 3 N–H and O–H groups in total. The van der Waals surface area contributed by atoms with Crippen molar-refractivity contribution in [3.63, 3.8) is 0 Å². The van der Waals surface area contributed by atoms with Crippen LogP contribution in [0, 0.1) is 11.6 Å². The van der Waals surface area contributed by atoms with Gasteiger partial charge in [-0.3, -0.25) is 4.90 Å². The molecule has 0 amide bonds. The zero-order valence-electron chi connectivity index (χ0n) is 25.3. The predicted molar refractivity (Wildman–Crippen MR) is 172 cm³/mol. The van der Waals surface area contributed by atoms with E-state index in [-0.39, 0.29) is 73.4 Å². The monoisotopic (exact) mass is 674 g/mol. The first kappa shape index (κ1) is 30.2. The fourth-order valence-electron chi connectivity index (χ4n) is 8.14. The summed E-state index contributed by atoms with van der Waals surface area (Å²) in [5, 5.41) is 12.0. The Morgan fingerprint density at radius 1 is 1.15 bits per heavy atom. The molecule has 0 bridgehead atoms. The van der Waals surface area contributed by atoms with Crippen molar-refractivity contribution in [1.29, 1.82) is 0 Å². The first-order valence-electron chi connectivity index (χ1n) is 15.8. The number of aromatic nitrogens is 3. The number of alkyl halides is 1. The van der Waals surface area contributed by atoms with Gasteiger partial charge in [-0.1, -0.05) is 22.9 Å². The number of thiazole rings is 1. The van der Waals surface area contributed by atoms with E-state index in [4.69, 9.17) is 31.8 Å². The summed E-state index contributed by atoms with van der Waals surface area (Å²) in [6, 6.07) is 2.21. The normalized spacial score (nSPS) is 28.1. The summed E-state index contributed by atoms with van der Waals surface area (Å²) in [4.78, 5) is 17.9. The lowest BCUT2D eigenvalue weighted by molar-refractivity contribution is 0.0184. The van der Waals surface area contributed by atoms with Gasteiger partial charge in [0.05, 0.1) is 44.4 Å². The van der Waals surface area contributed by atoms with Gasteiger partial charge in [-0.25, -0.2) is 18.2 Å². The number of hydrogen-bond donors (Lipinski definition) is 2. The van der Waals surface area contributed by atoms with Gasteiger partial charge in [-0.2, -0.15) is 9.97 Å². The van der Waals surface area contributed by atoms with E-state index in [1.807, 2.05) is 11.8 Å². The Balaban J connectivity index is 1.35. The molecule has 4 aliphatic rings. The van der Waals surface area contributed by atoms with Gasteiger partial charge in [0.2, 0.25) is 0 Å². The van der Waals surface area contributed by atoms with Crippen LogP contribution in [0.5, 0.6) is 11.8 Å². The minimum atomic E-state index is -1.06. The topological polar surface area (TPSA) is 110 Å². The number of hydrogen-bond acceptors (Lipinski definition) is 10. The molecule has 6 heterocycles. The van der Waals surface area contributed by atoms with E-state index >= 15 is 4.39 Å². The third-order valence-corrected chi connectivity index (χ3v) is 11.5. The molecule has 4 aliphatic heterocycles. The number of benzene rings is 2. The van der Waals surface area contributed by atoms with Crippen LogP contribution in [0.15, 0.2) is 12.1 Å². The zero-order chi connectivity index (χ0) is 32.0. The quantitative estimate of drug-likeness (QED) is 0.259. The number of ether oxygens (including phenoxy) is 2. The zero-order valence-corrected chi connectivity index (χ0v) is 26.9. The maximum absolute atomic E-state index is 17.1. The summed E-state index contributed by atoms with van der Waals surface area (Å²) in [6.07, 6.45) is 3.78. The highest BCUT2D eigenvalue weighted by atomic mass is 35.5. The van der Waals surface area contributed by atoms with Crippen molar-refractivity contribution in [3.05, 3.63) is 28.8 Å². The highest BCUT2D eigenvalue weighted by Gasteiger charge is 2.49. The van der Waals surface area contributed by atoms with Crippen molar-refractivity contribution in [2.45, 2.75) is 75.2 Å². The van der Waals surface area contributed by atoms with Crippen molar-refractivity contribution in [1.82, 2.24) is 19.9 Å². The SMILES string of the molecule is CC1(O)CCCCN2c3nc(OC[C@@]45CCCN4C[C@H](F)C5)nc4c(F)c(-c5ccc(F)c6sc(N)nc56)c(Cl)c(c34)OCCC21. The number of aliphatic hydroxyl groups is 1. The Labute approximate surface area is 272 Å². The summed E-state index contributed by atoms with van der Waals surface area (Å²) >= 11 is 7.98. The number of halogens is 4. The number of fused-ring (bicyclic) bond motifs is 4. The molecular formula is C32H34ClF3N6O3S. The highest BCUT2D eigenvalue weighted by molar-refractivity contribution is 7.22. The first-order chi connectivity index (χ1) is 22.1. The fraction of sp³-hybridized carbons (Fsp3) is 0.531. The lowest BCUT2D eigenvalue weighted by Gasteiger charge is -2.41. The Bertz CT molecular complexity index is 1880. The van der Waals surface area contributed by atoms with Gasteiger partial charge in [-0.05, 0) is 57.7 Å². The van der Waals surface area contributed by atoms with Crippen molar-refractivity contribution >= 4 is 55.0 Å². The number of nitrogen functional groups attached to an aromatic ring is 1. The van der Waals surface area contributed by atoms with Gasteiger partial charge in [0.1, 0.15) is 29.9 Å². The van der Waals surface area contributed by atoms with Gasteiger partial charge in [0, 0.05) is 37.1 Å². The minimum absolute atomic E-state index is 0.0246. The van der Waals surface area contributed by atoms with E-state index in [9.17, 15) is 13.9 Å². The van der Waals surface area contributed by atoms with Crippen LogP contribution >= 0.6 is 22.9 Å². The molecule has 2 aromatic heterocycles. The lowest BCUT2D eigenvalue weighted by Crippen LogP contribution is -2.51. The van der Waals surface area contributed by atoms with E-state index < -0.39 is 28.9 Å². The lowest BCUT2D eigenvalue weighted by atomic mass is 9.88. The van der Waals surface area contributed by atoms with Crippen LogP contribution in [-0.2, 0) is 0 Å². The molecule has 0 saturated carbocycles. The maximum atomic E-state index is 17.1. The molecule has 3 saturated heterocycles. The summed E-state index contributed by atoms with van der Waals surface area (Å²) in [7, 11) is 0. The van der Waals surface area contributed by atoms with Crippen molar-refractivity contribution in [3.8, 4) is 22.9 Å².